The van der Waals surface area contributed by atoms with Crippen LogP contribution in [0, 0.1) is 0 Å². The number of alkyl carbamates (subject to hydrolysis) is 1. The van der Waals surface area contributed by atoms with Gasteiger partial charge in [0.05, 0.1) is 5.54 Å². The van der Waals surface area contributed by atoms with Crippen molar-refractivity contribution < 1.29 is 9.53 Å². The summed E-state index contributed by atoms with van der Waals surface area (Å²) < 4.78 is 5.41. The minimum atomic E-state index is -0.453. The maximum absolute atomic E-state index is 12.1. The van der Waals surface area contributed by atoms with Gasteiger partial charge in [-0.05, 0) is 58.0 Å². The molecule has 1 aliphatic heterocycles. The highest BCUT2D eigenvalue weighted by atomic mass is 32.2. The lowest BCUT2D eigenvalue weighted by Gasteiger charge is -2.36. The Balaban J connectivity index is 2.53. The summed E-state index contributed by atoms with van der Waals surface area (Å²) in [7, 11) is 0. The summed E-state index contributed by atoms with van der Waals surface area (Å²) in [5, 5.41) is 6.75. The van der Waals surface area contributed by atoms with Gasteiger partial charge in [-0.2, -0.15) is 11.8 Å². The van der Waals surface area contributed by atoms with Crippen LogP contribution in [0.4, 0.5) is 4.79 Å². The lowest BCUT2D eigenvalue weighted by atomic mass is 9.92. The Kier molecular flexibility index (Phi) is 7.34. The molecular formula is C16H32N2O2S. The molecular weight excluding hydrogens is 284 g/mol. The van der Waals surface area contributed by atoms with Crippen molar-refractivity contribution in [3.05, 3.63) is 0 Å². The second-order valence-electron chi connectivity index (χ2n) is 6.88. The molecule has 1 aliphatic rings. The van der Waals surface area contributed by atoms with E-state index in [9.17, 15) is 4.79 Å². The molecule has 0 atom stereocenters. The van der Waals surface area contributed by atoms with E-state index in [2.05, 4.69) is 24.5 Å². The summed E-state index contributed by atoms with van der Waals surface area (Å²) in [4.78, 5) is 12.1. The van der Waals surface area contributed by atoms with E-state index < -0.39 is 5.60 Å². The van der Waals surface area contributed by atoms with Crippen molar-refractivity contribution in [1.29, 1.82) is 0 Å². The van der Waals surface area contributed by atoms with Crippen LogP contribution in [0.2, 0.25) is 0 Å². The molecule has 0 aromatic heterocycles. The van der Waals surface area contributed by atoms with Crippen LogP contribution in [-0.2, 0) is 4.74 Å². The number of hydrogen-bond donors (Lipinski definition) is 2. The van der Waals surface area contributed by atoms with E-state index in [0.717, 1.165) is 19.4 Å². The number of carbonyl (C=O) groups is 1. The zero-order chi connectivity index (χ0) is 15.9. The molecule has 0 spiro atoms. The molecule has 0 radical (unpaired) electrons. The predicted molar refractivity (Wildman–Crippen MR) is 91.0 cm³/mol. The molecule has 0 aromatic carbocycles. The molecule has 21 heavy (non-hydrogen) atoms. The Labute approximate surface area is 134 Å². The van der Waals surface area contributed by atoms with Gasteiger partial charge in [0.2, 0.25) is 0 Å². The van der Waals surface area contributed by atoms with Gasteiger partial charge >= 0.3 is 6.09 Å². The van der Waals surface area contributed by atoms with Crippen LogP contribution in [0.15, 0.2) is 0 Å². The SMILES string of the molecule is CCC(CC)(CNC1CCSCC1)NC(=O)OC(C)(C)C. The van der Waals surface area contributed by atoms with Crippen molar-refractivity contribution in [3.63, 3.8) is 0 Å². The van der Waals surface area contributed by atoms with Crippen LogP contribution in [0.5, 0.6) is 0 Å². The molecule has 4 nitrogen and oxygen atoms in total. The number of ether oxygens (including phenoxy) is 1. The lowest BCUT2D eigenvalue weighted by molar-refractivity contribution is 0.0443. The first-order valence-electron chi connectivity index (χ1n) is 8.12. The zero-order valence-corrected chi connectivity index (χ0v) is 15.1. The minimum Gasteiger partial charge on any atom is -0.444 e. The first-order valence-corrected chi connectivity index (χ1v) is 9.28. The van der Waals surface area contributed by atoms with Gasteiger partial charge in [-0.25, -0.2) is 4.79 Å². The molecule has 0 unspecified atom stereocenters. The fourth-order valence-corrected chi connectivity index (χ4v) is 3.59. The number of thioether (sulfide) groups is 1. The van der Waals surface area contributed by atoms with E-state index in [-0.39, 0.29) is 11.6 Å². The molecule has 0 aromatic rings. The van der Waals surface area contributed by atoms with Crippen LogP contribution in [0.3, 0.4) is 0 Å². The maximum atomic E-state index is 12.1. The van der Waals surface area contributed by atoms with Crippen molar-refractivity contribution in [2.45, 2.75) is 77.5 Å². The van der Waals surface area contributed by atoms with Gasteiger partial charge < -0.3 is 15.4 Å². The molecule has 124 valence electrons. The Morgan fingerprint density at radius 1 is 1.19 bits per heavy atom. The van der Waals surface area contributed by atoms with E-state index >= 15 is 0 Å². The Morgan fingerprint density at radius 3 is 2.24 bits per heavy atom. The quantitative estimate of drug-likeness (QED) is 0.787. The van der Waals surface area contributed by atoms with Crippen molar-refractivity contribution in [2.75, 3.05) is 18.1 Å². The topological polar surface area (TPSA) is 50.4 Å². The summed E-state index contributed by atoms with van der Waals surface area (Å²) in [6.07, 6.45) is 3.93. The molecule has 5 heteroatoms. The smallest absolute Gasteiger partial charge is 0.408 e. The summed E-state index contributed by atoms with van der Waals surface area (Å²) in [6.45, 7) is 10.7. The molecule has 1 saturated heterocycles. The lowest BCUT2D eigenvalue weighted by Crippen LogP contribution is -2.56. The van der Waals surface area contributed by atoms with E-state index in [0.29, 0.717) is 6.04 Å². The van der Waals surface area contributed by atoms with Gasteiger partial charge in [-0.15, -0.1) is 0 Å². The number of carbonyl (C=O) groups excluding carboxylic acids is 1. The van der Waals surface area contributed by atoms with Crippen LogP contribution in [-0.4, -0.2) is 41.3 Å². The minimum absolute atomic E-state index is 0.215. The number of nitrogens with one attached hydrogen (secondary N) is 2. The molecule has 0 aliphatic carbocycles. The van der Waals surface area contributed by atoms with Gasteiger partial charge in [-0.3, -0.25) is 0 Å². The largest absolute Gasteiger partial charge is 0.444 e. The Bertz CT molecular complexity index is 319. The summed E-state index contributed by atoms with van der Waals surface area (Å²) in [6, 6.07) is 0.587. The first kappa shape index (κ1) is 18.6. The number of amides is 1. The van der Waals surface area contributed by atoms with Gasteiger partial charge in [-0.1, -0.05) is 13.8 Å². The molecule has 1 heterocycles. The molecule has 1 amide bonds. The molecule has 2 N–H and O–H groups in total. The fourth-order valence-electron chi connectivity index (χ4n) is 2.48. The van der Waals surface area contributed by atoms with Gasteiger partial charge in [0.25, 0.3) is 0 Å². The van der Waals surface area contributed by atoms with Crippen molar-refractivity contribution >= 4 is 17.9 Å². The van der Waals surface area contributed by atoms with Crippen molar-refractivity contribution in [3.8, 4) is 0 Å². The van der Waals surface area contributed by atoms with Gasteiger partial charge in [0.15, 0.2) is 0 Å². The fraction of sp³-hybridized carbons (Fsp3) is 0.938. The van der Waals surface area contributed by atoms with Crippen LogP contribution in [0.25, 0.3) is 0 Å². The van der Waals surface area contributed by atoms with E-state index in [1.54, 1.807) is 0 Å². The summed E-state index contributed by atoms with van der Waals surface area (Å²) >= 11 is 2.03. The highest BCUT2D eigenvalue weighted by Gasteiger charge is 2.31. The molecule has 0 saturated carbocycles. The van der Waals surface area contributed by atoms with Crippen LogP contribution in [0.1, 0.15) is 60.3 Å². The maximum Gasteiger partial charge on any atom is 0.408 e. The molecule has 1 rings (SSSR count). The van der Waals surface area contributed by atoms with Gasteiger partial charge in [0.1, 0.15) is 5.60 Å². The normalized spacial score (nSPS) is 17.6. The third kappa shape index (κ3) is 6.92. The Hall–Kier alpha value is -0.420. The van der Waals surface area contributed by atoms with Crippen LogP contribution >= 0.6 is 11.8 Å². The Morgan fingerprint density at radius 2 is 1.76 bits per heavy atom. The van der Waals surface area contributed by atoms with Gasteiger partial charge in [0, 0.05) is 12.6 Å². The third-order valence-corrected chi connectivity index (χ3v) is 5.12. The average Bonchev–Trinajstić information content (AvgIpc) is 2.43. The second-order valence-corrected chi connectivity index (χ2v) is 8.11. The van der Waals surface area contributed by atoms with Crippen LogP contribution < -0.4 is 10.6 Å². The monoisotopic (exact) mass is 316 g/mol. The highest BCUT2D eigenvalue weighted by molar-refractivity contribution is 7.99. The summed E-state index contributed by atoms with van der Waals surface area (Å²) in [5.41, 5.74) is -0.668. The first-order chi connectivity index (χ1) is 9.80. The molecule has 1 fully saturated rings. The average molecular weight is 317 g/mol. The van der Waals surface area contributed by atoms with Crippen molar-refractivity contribution in [1.82, 2.24) is 10.6 Å². The van der Waals surface area contributed by atoms with E-state index in [1.807, 2.05) is 32.5 Å². The summed E-state index contributed by atoms with van der Waals surface area (Å²) in [5.74, 6) is 2.48. The van der Waals surface area contributed by atoms with E-state index in [4.69, 9.17) is 4.74 Å². The second kappa shape index (κ2) is 8.28. The number of rotatable bonds is 6. The highest BCUT2D eigenvalue weighted by Crippen LogP contribution is 2.20. The number of hydrogen-bond acceptors (Lipinski definition) is 4. The third-order valence-electron chi connectivity index (χ3n) is 4.07. The van der Waals surface area contributed by atoms with Crippen molar-refractivity contribution in [2.24, 2.45) is 0 Å². The predicted octanol–water partition coefficient (Wildman–Crippen LogP) is 3.56. The molecule has 0 bridgehead atoms. The zero-order valence-electron chi connectivity index (χ0n) is 14.3. The standard InChI is InChI=1S/C16H32N2O2S/c1-6-16(7-2,18-14(19)20-15(3,4)5)12-17-13-8-10-21-11-9-13/h13,17H,6-12H2,1-5H3,(H,18,19). The van der Waals surface area contributed by atoms with E-state index in [1.165, 1.54) is 24.3 Å².